The molecular formula is C7H12ClN3OS. The van der Waals surface area contributed by atoms with Crippen molar-refractivity contribution in [1.82, 2.24) is 9.36 Å². The third kappa shape index (κ3) is 3.46. The van der Waals surface area contributed by atoms with E-state index in [4.69, 9.17) is 16.3 Å². The minimum atomic E-state index is 0.0963. The molecule has 0 spiro atoms. The van der Waals surface area contributed by atoms with E-state index < -0.39 is 0 Å². The molecule has 4 nitrogen and oxygen atoms in total. The van der Waals surface area contributed by atoms with Crippen molar-refractivity contribution in [2.75, 3.05) is 24.9 Å². The van der Waals surface area contributed by atoms with Crippen LogP contribution in [-0.2, 0) is 4.74 Å². The quantitative estimate of drug-likeness (QED) is 0.766. The summed E-state index contributed by atoms with van der Waals surface area (Å²) in [5.74, 6) is 1.27. The SMILES string of the molecule is COCC(CCl)Nc1nc(C)ns1. The van der Waals surface area contributed by atoms with Gasteiger partial charge in [-0.25, -0.2) is 4.98 Å². The summed E-state index contributed by atoms with van der Waals surface area (Å²) in [4.78, 5) is 4.16. The highest BCUT2D eigenvalue weighted by atomic mass is 35.5. The van der Waals surface area contributed by atoms with E-state index in [1.54, 1.807) is 7.11 Å². The normalized spacial score (nSPS) is 12.8. The van der Waals surface area contributed by atoms with Gasteiger partial charge in [0, 0.05) is 24.5 Å². The molecule has 1 N–H and O–H groups in total. The summed E-state index contributed by atoms with van der Waals surface area (Å²) in [7, 11) is 1.65. The Morgan fingerprint density at radius 2 is 2.46 bits per heavy atom. The molecule has 1 heterocycles. The van der Waals surface area contributed by atoms with E-state index in [2.05, 4.69) is 14.7 Å². The summed E-state index contributed by atoms with van der Waals surface area (Å²) in [6.45, 7) is 2.43. The summed E-state index contributed by atoms with van der Waals surface area (Å²) in [5, 5.41) is 3.93. The predicted molar refractivity (Wildman–Crippen MR) is 54.7 cm³/mol. The number of hydrogen-bond donors (Lipinski definition) is 1. The van der Waals surface area contributed by atoms with Crippen LogP contribution in [0.25, 0.3) is 0 Å². The molecule has 1 unspecified atom stereocenters. The standard InChI is InChI=1S/C7H12ClN3OS/c1-5-9-7(13-11-5)10-6(3-8)4-12-2/h6H,3-4H2,1-2H3,(H,9,10,11). The van der Waals surface area contributed by atoms with Crippen LogP contribution in [0.4, 0.5) is 5.13 Å². The number of aryl methyl sites for hydroxylation is 1. The maximum atomic E-state index is 5.72. The van der Waals surface area contributed by atoms with E-state index >= 15 is 0 Å². The number of methoxy groups -OCH3 is 1. The minimum Gasteiger partial charge on any atom is -0.383 e. The third-order valence-electron chi connectivity index (χ3n) is 1.41. The highest BCUT2D eigenvalue weighted by Crippen LogP contribution is 2.11. The Morgan fingerprint density at radius 3 is 2.92 bits per heavy atom. The lowest BCUT2D eigenvalue weighted by atomic mass is 10.4. The van der Waals surface area contributed by atoms with Gasteiger partial charge in [0.15, 0.2) is 0 Å². The van der Waals surface area contributed by atoms with Crippen LogP contribution in [0.3, 0.4) is 0 Å². The summed E-state index contributed by atoms with van der Waals surface area (Å²) >= 11 is 7.05. The maximum absolute atomic E-state index is 5.72. The highest BCUT2D eigenvalue weighted by Gasteiger charge is 2.08. The Bertz CT molecular complexity index is 256. The van der Waals surface area contributed by atoms with E-state index in [1.165, 1.54) is 11.5 Å². The van der Waals surface area contributed by atoms with Gasteiger partial charge >= 0.3 is 0 Å². The first kappa shape index (κ1) is 10.7. The Balaban J connectivity index is 2.46. The number of ether oxygens (including phenoxy) is 1. The summed E-state index contributed by atoms with van der Waals surface area (Å²) < 4.78 is 9.03. The molecule has 0 amide bonds. The molecule has 1 rings (SSSR count). The van der Waals surface area contributed by atoms with Gasteiger partial charge in [0.05, 0.1) is 12.6 Å². The highest BCUT2D eigenvalue weighted by molar-refractivity contribution is 7.09. The van der Waals surface area contributed by atoms with Crippen molar-refractivity contribution >= 4 is 28.3 Å². The van der Waals surface area contributed by atoms with E-state index in [0.717, 1.165) is 11.0 Å². The Morgan fingerprint density at radius 1 is 1.69 bits per heavy atom. The molecule has 6 heteroatoms. The van der Waals surface area contributed by atoms with Crippen LogP contribution in [0, 0.1) is 6.92 Å². The van der Waals surface area contributed by atoms with Crippen LogP contribution in [-0.4, -0.2) is 35.0 Å². The number of nitrogens with zero attached hydrogens (tertiary/aromatic N) is 2. The molecule has 1 atom stereocenters. The molecule has 0 radical (unpaired) electrons. The van der Waals surface area contributed by atoms with Crippen molar-refractivity contribution < 1.29 is 4.74 Å². The number of anilines is 1. The first-order valence-electron chi connectivity index (χ1n) is 3.88. The summed E-state index contributed by atoms with van der Waals surface area (Å²) in [5.41, 5.74) is 0. The van der Waals surface area contributed by atoms with Crippen molar-refractivity contribution in [1.29, 1.82) is 0 Å². The van der Waals surface area contributed by atoms with Gasteiger partial charge in [-0.15, -0.1) is 11.6 Å². The number of rotatable bonds is 5. The molecule has 0 aliphatic rings. The van der Waals surface area contributed by atoms with Gasteiger partial charge < -0.3 is 10.1 Å². The van der Waals surface area contributed by atoms with Gasteiger partial charge in [-0.1, -0.05) is 0 Å². The van der Waals surface area contributed by atoms with Gasteiger partial charge in [-0.3, -0.25) is 0 Å². The second kappa shape index (κ2) is 5.36. The fraction of sp³-hybridized carbons (Fsp3) is 0.714. The van der Waals surface area contributed by atoms with Gasteiger partial charge in [0.25, 0.3) is 0 Å². The lowest BCUT2D eigenvalue weighted by Gasteiger charge is -2.12. The first-order valence-corrected chi connectivity index (χ1v) is 5.18. The number of aromatic nitrogens is 2. The number of alkyl halides is 1. The van der Waals surface area contributed by atoms with E-state index in [0.29, 0.717) is 12.5 Å². The van der Waals surface area contributed by atoms with Crippen LogP contribution in [0.1, 0.15) is 5.82 Å². The predicted octanol–water partition coefficient (Wildman–Crippen LogP) is 1.51. The largest absolute Gasteiger partial charge is 0.383 e. The molecule has 0 bridgehead atoms. The molecule has 1 aromatic heterocycles. The summed E-state index contributed by atoms with van der Waals surface area (Å²) in [6.07, 6.45) is 0. The molecule has 0 aromatic carbocycles. The second-order valence-corrected chi connectivity index (χ2v) is 3.66. The van der Waals surface area contributed by atoms with Crippen molar-refractivity contribution in [2.45, 2.75) is 13.0 Å². The topological polar surface area (TPSA) is 47.0 Å². The lowest BCUT2D eigenvalue weighted by molar-refractivity contribution is 0.191. The lowest BCUT2D eigenvalue weighted by Crippen LogP contribution is -2.26. The first-order chi connectivity index (χ1) is 6.26. The van der Waals surface area contributed by atoms with Crippen molar-refractivity contribution in [3.63, 3.8) is 0 Å². The molecule has 1 aromatic rings. The average Bonchev–Trinajstić information content (AvgIpc) is 2.50. The van der Waals surface area contributed by atoms with E-state index in [-0.39, 0.29) is 6.04 Å². The van der Waals surface area contributed by atoms with Crippen LogP contribution in [0.5, 0.6) is 0 Å². The zero-order valence-corrected chi connectivity index (χ0v) is 9.15. The fourth-order valence-electron chi connectivity index (χ4n) is 0.856. The number of halogens is 1. The molecule has 0 saturated carbocycles. The van der Waals surface area contributed by atoms with Crippen molar-refractivity contribution in [3.8, 4) is 0 Å². The van der Waals surface area contributed by atoms with Crippen LogP contribution < -0.4 is 5.32 Å². The van der Waals surface area contributed by atoms with Crippen molar-refractivity contribution in [2.24, 2.45) is 0 Å². The van der Waals surface area contributed by atoms with Gasteiger partial charge in [0.2, 0.25) is 5.13 Å². The molecule has 0 aliphatic heterocycles. The summed E-state index contributed by atoms with van der Waals surface area (Å²) in [6, 6.07) is 0.0963. The second-order valence-electron chi connectivity index (χ2n) is 2.60. The molecular weight excluding hydrogens is 210 g/mol. The Labute approximate surface area is 86.4 Å². The molecule has 74 valence electrons. The zero-order chi connectivity index (χ0) is 9.68. The van der Waals surface area contributed by atoms with Gasteiger partial charge in [-0.05, 0) is 6.92 Å². The van der Waals surface area contributed by atoms with E-state index in [1.807, 2.05) is 6.92 Å². The molecule has 0 fully saturated rings. The average molecular weight is 222 g/mol. The van der Waals surface area contributed by atoms with Crippen molar-refractivity contribution in [3.05, 3.63) is 5.82 Å². The monoisotopic (exact) mass is 221 g/mol. The van der Waals surface area contributed by atoms with Gasteiger partial charge in [-0.2, -0.15) is 4.37 Å². The molecule has 0 saturated heterocycles. The molecule has 13 heavy (non-hydrogen) atoms. The Hall–Kier alpha value is -0.390. The minimum absolute atomic E-state index is 0.0963. The van der Waals surface area contributed by atoms with Crippen LogP contribution in [0.15, 0.2) is 0 Å². The number of hydrogen-bond acceptors (Lipinski definition) is 5. The van der Waals surface area contributed by atoms with Gasteiger partial charge in [0.1, 0.15) is 5.82 Å². The zero-order valence-electron chi connectivity index (χ0n) is 7.58. The number of nitrogens with one attached hydrogen (secondary N) is 1. The smallest absolute Gasteiger partial charge is 0.202 e. The van der Waals surface area contributed by atoms with Crippen LogP contribution >= 0.6 is 23.1 Å². The third-order valence-corrected chi connectivity index (χ3v) is 2.52. The van der Waals surface area contributed by atoms with Crippen LogP contribution in [0.2, 0.25) is 0 Å². The van der Waals surface area contributed by atoms with E-state index in [9.17, 15) is 0 Å². The Kier molecular flexibility index (Phi) is 4.41. The molecule has 0 aliphatic carbocycles. The maximum Gasteiger partial charge on any atom is 0.202 e. The fourth-order valence-corrected chi connectivity index (χ4v) is 1.67.